The van der Waals surface area contributed by atoms with E-state index in [1.54, 1.807) is 13.0 Å². The van der Waals surface area contributed by atoms with Crippen molar-refractivity contribution in [1.82, 2.24) is 9.55 Å². The molecule has 7 nitrogen and oxygen atoms in total. The predicted octanol–water partition coefficient (Wildman–Crippen LogP) is -0.405. The molecule has 0 saturated heterocycles. The molecule has 0 fully saturated rings. The highest BCUT2D eigenvalue weighted by atomic mass is 16.4. The van der Waals surface area contributed by atoms with Crippen molar-refractivity contribution in [3.63, 3.8) is 0 Å². The smallest absolute Gasteiger partial charge is 0.328 e. The fraction of sp³-hybridized carbons (Fsp3) is 0.417. The van der Waals surface area contributed by atoms with Gasteiger partial charge in [-0.05, 0) is 19.9 Å². The van der Waals surface area contributed by atoms with Crippen LogP contribution in [0.25, 0.3) is 0 Å². The minimum absolute atomic E-state index is 0.103. The number of H-pyrrole nitrogens is 1. The van der Waals surface area contributed by atoms with Gasteiger partial charge in [-0.15, -0.1) is 0 Å². The summed E-state index contributed by atoms with van der Waals surface area (Å²) in [6, 6.07) is 0. The molecule has 1 rings (SSSR count). The van der Waals surface area contributed by atoms with Crippen molar-refractivity contribution in [1.29, 1.82) is 0 Å². The number of hydrogen-bond donors (Lipinski definition) is 3. The molecule has 0 aliphatic rings. The van der Waals surface area contributed by atoms with Crippen LogP contribution in [0, 0.1) is 6.92 Å². The minimum atomic E-state index is -0.940. The Morgan fingerprint density at radius 1 is 1.53 bits per heavy atom. The Morgan fingerprint density at radius 2 is 2.21 bits per heavy atom. The Hall–Kier alpha value is -2.15. The van der Waals surface area contributed by atoms with E-state index in [4.69, 9.17) is 10.8 Å². The van der Waals surface area contributed by atoms with Gasteiger partial charge in [-0.2, -0.15) is 0 Å². The second-order valence-electron chi connectivity index (χ2n) is 4.20. The van der Waals surface area contributed by atoms with Crippen LogP contribution in [0.4, 0.5) is 0 Å². The van der Waals surface area contributed by atoms with Crippen molar-refractivity contribution in [2.75, 3.05) is 6.54 Å². The third-order valence-corrected chi connectivity index (χ3v) is 2.61. The van der Waals surface area contributed by atoms with Gasteiger partial charge >= 0.3 is 11.7 Å². The summed E-state index contributed by atoms with van der Waals surface area (Å²) in [4.78, 5) is 35.6. The summed E-state index contributed by atoms with van der Waals surface area (Å²) < 4.78 is 1.31. The molecule has 1 aromatic heterocycles. The van der Waals surface area contributed by atoms with E-state index in [9.17, 15) is 14.4 Å². The number of aliphatic carboxylic acids is 1. The van der Waals surface area contributed by atoms with Crippen LogP contribution < -0.4 is 17.0 Å². The fourth-order valence-corrected chi connectivity index (χ4v) is 1.62. The molecule has 1 heterocycles. The first-order valence-electron chi connectivity index (χ1n) is 5.84. The number of aromatic nitrogens is 2. The highest BCUT2D eigenvalue weighted by Crippen LogP contribution is 2.06. The minimum Gasteiger partial charge on any atom is -0.481 e. The van der Waals surface area contributed by atoms with Gasteiger partial charge in [-0.1, -0.05) is 11.6 Å². The number of nitrogens with zero attached hydrogens (tertiary/aromatic N) is 1. The maximum Gasteiger partial charge on any atom is 0.328 e. The van der Waals surface area contributed by atoms with Crippen LogP contribution >= 0.6 is 0 Å². The lowest BCUT2D eigenvalue weighted by Gasteiger charge is -2.06. The second kappa shape index (κ2) is 6.69. The Bertz CT molecular complexity index is 598. The maximum atomic E-state index is 11.5. The van der Waals surface area contributed by atoms with Crippen LogP contribution in [0.5, 0.6) is 0 Å². The number of rotatable bonds is 6. The van der Waals surface area contributed by atoms with E-state index in [2.05, 4.69) is 4.98 Å². The quantitative estimate of drug-likeness (QED) is 0.606. The van der Waals surface area contributed by atoms with Gasteiger partial charge in [0.1, 0.15) is 0 Å². The van der Waals surface area contributed by atoms with Crippen molar-refractivity contribution in [3.8, 4) is 0 Å². The van der Waals surface area contributed by atoms with Gasteiger partial charge in [0.15, 0.2) is 0 Å². The summed E-state index contributed by atoms with van der Waals surface area (Å²) in [5, 5.41) is 8.75. The molecule has 0 atom stereocenters. The zero-order valence-electron chi connectivity index (χ0n) is 10.7. The van der Waals surface area contributed by atoms with Gasteiger partial charge in [0, 0.05) is 18.3 Å². The molecular weight excluding hydrogens is 250 g/mol. The molecular formula is C12H17N3O4. The number of carbonyl (C=O) groups is 1. The molecule has 0 amide bonds. The SMILES string of the molecule is Cc1cn(C/C=C(\CCN)CC(=O)O)c(=O)[nH]c1=O. The fourth-order valence-electron chi connectivity index (χ4n) is 1.62. The highest BCUT2D eigenvalue weighted by Gasteiger charge is 2.04. The molecule has 0 unspecified atom stereocenters. The summed E-state index contributed by atoms with van der Waals surface area (Å²) in [5.41, 5.74) is 5.54. The lowest BCUT2D eigenvalue weighted by atomic mass is 10.1. The molecule has 4 N–H and O–H groups in total. The van der Waals surface area contributed by atoms with E-state index in [0.29, 0.717) is 24.1 Å². The second-order valence-corrected chi connectivity index (χ2v) is 4.20. The number of allylic oxidation sites excluding steroid dienone is 1. The third kappa shape index (κ3) is 4.55. The Morgan fingerprint density at radius 3 is 2.79 bits per heavy atom. The third-order valence-electron chi connectivity index (χ3n) is 2.61. The van der Waals surface area contributed by atoms with E-state index >= 15 is 0 Å². The average molecular weight is 267 g/mol. The van der Waals surface area contributed by atoms with Gasteiger partial charge < -0.3 is 10.8 Å². The first-order chi connectivity index (χ1) is 8.93. The van der Waals surface area contributed by atoms with Gasteiger partial charge in [0.2, 0.25) is 0 Å². The number of nitrogens with two attached hydrogens (primary N) is 1. The monoisotopic (exact) mass is 267 g/mol. The maximum absolute atomic E-state index is 11.5. The molecule has 0 aliphatic heterocycles. The first kappa shape index (κ1) is 14.9. The van der Waals surface area contributed by atoms with E-state index in [1.165, 1.54) is 10.8 Å². The average Bonchev–Trinajstić information content (AvgIpc) is 2.31. The molecule has 1 aromatic rings. The van der Waals surface area contributed by atoms with Gasteiger partial charge in [0.05, 0.1) is 6.42 Å². The molecule has 7 heteroatoms. The van der Waals surface area contributed by atoms with Crippen molar-refractivity contribution < 1.29 is 9.90 Å². The van der Waals surface area contributed by atoms with Gasteiger partial charge in [-0.25, -0.2) is 4.79 Å². The number of nitrogens with one attached hydrogen (secondary N) is 1. The van der Waals surface area contributed by atoms with Gasteiger partial charge in [0.25, 0.3) is 5.56 Å². The number of hydrogen-bond acceptors (Lipinski definition) is 4. The summed E-state index contributed by atoms with van der Waals surface area (Å²) in [6.45, 7) is 2.15. The van der Waals surface area contributed by atoms with E-state index < -0.39 is 17.2 Å². The van der Waals surface area contributed by atoms with Crippen molar-refractivity contribution in [3.05, 3.63) is 44.2 Å². The molecule has 0 bridgehead atoms. The highest BCUT2D eigenvalue weighted by molar-refractivity contribution is 5.69. The molecule has 0 aliphatic carbocycles. The number of aromatic amines is 1. The van der Waals surface area contributed by atoms with Crippen LogP contribution in [-0.4, -0.2) is 27.2 Å². The molecule has 104 valence electrons. The number of carboxylic acids is 1. The van der Waals surface area contributed by atoms with E-state index in [1.807, 2.05) is 0 Å². The van der Waals surface area contributed by atoms with Crippen molar-refractivity contribution >= 4 is 5.97 Å². The van der Waals surface area contributed by atoms with Crippen molar-refractivity contribution in [2.45, 2.75) is 26.3 Å². The lowest BCUT2D eigenvalue weighted by molar-refractivity contribution is -0.136. The summed E-state index contributed by atoms with van der Waals surface area (Å²) in [7, 11) is 0. The lowest BCUT2D eigenvalue weighted by Crippen LogP contribution is -2.30. The van der Waals surface area contributed by atoms with E-state index in [0.717, 1.165) is 0 Å². The van der Waals surface area contributed by atoms with Gasteiger partial charge in [-0.3, -0.25) is 19.1 Å². The zero-order chi connectivity index (χ0) is 14.4. The summed E-state index contributed by atoms with van der Waals surface area (Å²) in [5.74, 6) is -0.940. The van der Waals surface area contributed by atoms with Crippen LogP contribution in [0.2, 0.25) is 0 Å². The normalized spacial score (nSPS) is 11.6. The molecule has 0 spiro atoms. The molecule has 0 aromatic carbocycles. The Labute approximate surface area is 109 Å². The predicted molar refractivity (Wildman–Crippen MR) is 70.1 cm³/mol. The van der Waals surface area contributed by atoms with Crippen LogP contribution in [0.15, 0.2) is 27.4 Å². The largest absolute Gasteiger partial charge is 0.481 e. The van der Waals surface area contributed by atoms with Crippen LogP contribution in [0.3, 0.4) is 0 Å². The Balaban J connectivity index is 2.94. The zero-order valence-corrected chi connectivity index (χ0v) is 10.7. The molecule has 0 radical (unpaired) electrons. The number of carboxylic acid groups (broad SMARTS) is 1. The van der Waals surface area contributed by atoms with E-state index in [-0.39, 0.29) is 13.0 Å². The summed E-state index contributed by atoms with van der Waals surface area (Å²) >= 11 is 0. The van der Waals surface area contributed by atoms with Crippen LogP contribution in [0.1, 0.15) is 18.4 Å². The Kier molecular flexibility index (Phi) is 5.25. The summed E-state index contributed by atoms with van der Waals surface area (Å²) in [6.07, 6.45) is 3.45. The number of aryl methyl sites for hydroxylation is 1. The van der Waals surface area contributed by atoms with Crippen LogP contribution in [-0.2, 0) is 11.3 Å². The molecule has 0 saturated carbocycles. The van der Waals surface area contributed by atoms with Crippen molar-refractivity contribution in [2.24, 2.45) is 5.73 Å². The standard InChI is InChI=1S/C12H17N3O4/c1-8-7-15(12(19)14-11(8)18)5-3-9(2-4-13)6-10(16)17/h3,7H,2,4-6,13H2,1H3,(H,16,17)(H,14,18,19)/b9-3+. The first-order valence-corrected chi connectivity index (χ1v) is 5.84. The molecule has 19 heavy (non-hydrogen) atoms. The topological polar surface area (TPSA) is 118 Å².